The predicted molar refractivity (Wildman–Crippen MR) is 88.5 cm³/mol. The number of nitrogens with one attached hydrogen (secondary N) is 2. The van der Waals surface area contributed by atoms with Crippen molar-refractivity contribution in [3.63, 3.8) is 0 Å². The lowest BCUT2D eigenvalue weighted by Gasteiger charge is -2.18. The molecule has 1 aliphatic heterocycles. The van der Waals surface area contributed by atoms with Crippen LogP contribution in [0.5, 0.6) is 11.5 Å². The maximum Gasteiger partial charge on any atom is 0.269 e. The van der Waals surface area contributed by atoms with Crippen LogP contribution in [-0.4, -0.2) is 25.0 Å². The Morgan fingerprint density at radius 2 is 1.76 bits per heavy atom. The molecule has 1 heterocycles. The fourth-order valence-electron chi connectivity index (χ4n) is 2.19. The standard InChI is InChI=1S/C18H15FN2O4/c19-14-4-2-1-3-12(14)6-8-17(22)20-21-18(23)13-5-7-15-16(11-13)25-10-9-24-15/h1-8,11H,9-10H2,(H,20,22)(H,21,23)/b8-6+. The van der Waals surface area contributed by atoms with E-state index in [1.807, 2.05) is 0 Å². The van der Waals surface area contributed by atoms with Crippen LogP contribution in [-0.2, 0) is 4.79 Å². The highest BCUT2D eigenvalue weighted by atomic mass is 19.1. The van der Waals surface area contributed by atoms with Gasteiger partial charge in [-0.15, -0.1) is 0 Å². The summed E-state index contributed by atoms with van der Waals surface area (Å²) in [7, 11) is 0. The van der Waals surface area contributed by atoms with Crippen LogP contribution >= 0.6 is 0 Å². The summed E-state index contributed by atoms with van der Waals surface area (Å²) in [4.78, 5) is 23.8. The number of hydrogen-bond donors (Lipinski definition) is 2. The molecule has 0 aromatic heterocycles. The van der Waals surface area contributed by atoms with Gasteiger partial charge >= 0.3 is 0 Å². The molecule has 2 aromatic rings. The maximum atomic E-state index is 13.4. The summed E-state index contributed by atoms with van der Waals surface area (Å²) in [5.74, 6) is -0.491. The molecule has 7 heteroatoms. The third kappa shape index (κ3) is 4.14. The number of hydrazine groups is 1. The van der Waals surface area contributed by atoms with E-state index >= 15 is 0 Å². The minimum atomic E-state index is -0.589. The molecule has 128 valence electrons. The van der Waals surface area contributed by atoms with Crippen molar-refractivity contribution >= 4 is 17.9 Å². The van der Waals surface area contributed by atoms with Crippen molar-refractivity contribution < 1.29 is 23.5 Å². The summed E-state index contributed by atoms with van der Waals surface area (Å²) in [6, 6.07) is 10.8. The fourth-order valence-corrected chi connectivity index (χ4v) is 2.19. The van der Waals surface area contributed by atoms with Gasteiger partial charge < -0.3 is 9.47 Å². The highest BCUT2D eigenvalue weighted by Gasteiger charge is 2.15. The zero-order valence-corrected chi connectivity index (χ0v) is 13.1. The van der Waals surface area contributed by atoms with E-state index < -0.39 is 17.6 Å². The van der Waals surface area contributed by atoms with Gasteiger partial charge in [-0.1, -0.05) is 18.2 Å². The molecule has 2 aromatic carbocycles. The molecule has 2 N–H and O–H groups in total. The smallest absolute Gasteiger partial charge is 0.269 e. The Hall–Kier alpha value is -3.35. The van der Waals surface area contributed by atoms with Gasteiger partial charge in [0.15, 0.2) is 11.5 Å². The molecular weight excluding hydrogens is 327 g/mol. The van der Waals surface area contributed by atoms with Gasteiger partial charge in [0.05, 0.1) is 0 Å². The molecule has 0 atom stereocenters. The molecule has 0 aliphatic carbocycles. The van der Waals surface area contributed by atoms with Crippen LogP contribution in [0.2, 0.25) is 0 Å². The van der Waals surface area contributed by atoms with Crippen molar-refractivity contribution in [3.05, 3.63) is 65.5 Å². The van der Waals surface area contributed by atoms with Gasteiger partial charge in [-0.3, -0.25) is 20.4 Å². The summed E-state index contributed by atoms with van der Waals surface area (Å²) in [6.45, 7) is 0.874. The Morgan fingerprint density at radius 3 is 2.56 bits per heavy atom. The number of ether oxygens (including phenoxy) is 2. The second-order valence-electron chi connectivity index (χ2n) is 5.16. The van der Waals surface area contributed by atoms with Gasteiger partial charge in [-0.05, 0) is 30.3 Å². The second kappa shape index (κ2) is 7.48. The highest BCUT2D eigenvalue weighted by molar-refractivity contribution is 5.98. The number of carbonyl (C=O) groups is 2. The Labute approximate surface area is 143 Å². The Bertz CT molecular complexity index is 836. The first kappa shape index (κ1) is 16.5. The molecule has 0 saturated heterocycles. The number of halogens is 1. The topological polar surface area (TPSA) is 76.7 Å². The average Bonchev–Trinajstić information content (AvgIpc) is 2.65. The minimum absolute atomic E-state index is 0.274. The monoisotopic (exact) mass is 342 g/mol. The molecule has 0 bridgehead atoms. The number of hydrogen-bond acceptors (Lipinski definition) is 4. The van der Waals surface area contributed by atoms with Crippen LogP contribution in [0.4, 0.5) is 4.39 Å². The van der Waals surface area contributed by atoms with Gasteiger partial charge in [0.1, 0.15) is 19.0 Å². The molecule has 6 nitrogen and oxygen atoms in total. The first-order valence-corrected chi connectivity index (χ1v) is 7.56. The molecule has 2 amide bonds. The van der Waals surface area contributed by atoms with Gasteiger partial charge in [-0.25, -0.2) is 4.39 Å². The Balaban J connectivity index is 1.57. The van der Waals surface area contributed by atoms with E-state index in [4.69, 9.17) is 9.47 Å². The molecule has 0 fully saturated rings. The number of benzene rings is 2. The summed E-state index contributed by atoms with van der Waals surface area (Å²) in [5, 5.41) is 0. The van der Waals surface area contributed by atoms with E-state index in [2.05, 4.69) is 10.9 Å². The first-order chi connectivity index (χ1) is 12.1. The first-order valence-electron chi connectivity index (χ1n) is 7.56. The van der Waals surface area contributed by atoms with Crippen LogP contribution in [0.3, 0.4) is 0 Å². The summed E-state index contributed by atoms with van der Waals surface area (Å²) in [5.41, 5.74) is 5.09. The molecule has 0 radical (unpaired) electrons. The lowest BCUT2D eigenvalue weighted by atomic mass is 10.2. The van der Waals surface area contributed by atoms with E-state index in [1.54, 1.807) is 24.3 Å². The van der Waals surface area contributed by atoms with Crippen molar-refractivity contribution in [1.29, 1.82) is 0 Å². The SMILES string of the molecule is O=C(/C=C/c1ccccc1F)NNC(=O)c1ccc2c(c1)OCCO2. The van der Waals surface area contributed by atoms with Gasteiger partial charge in [-0.2, -0.15) is 0 Å². The molecule has 3 rings (SSSR count). The van der Waals surface area contributed by atoms with Crippen molar-refractivity contribution in [3.8, 4) is 11.5 Å². The van der Waals surface area contributed by atoms with E-state index in [9.17, 15) is 14.0 Å². The molecule has 25 heavy (non-hydrogen) atoms. The fraction of sp³-hybridized carbons (Fsp3) is 0.111. The van der Waals surface area contributed by atoms with Crippen molar-refractivity contribution in [2.75, 3.05) is 13.2 Å². The van der Waals surface area contributed by atoms with Gasteiger partial charge in [0.25, 0.3) is 11.8 Å². The Kier molecular flexibility index (Phi) is 4.94. The lowest BCUT2D eigenvalue weighted by Crippen LogP contribution is -2.40. The third-order valence-electron chi connectivity index (χ3n) is 3.42. The van der Waals surface area contributed by atoms with E-state index in [0.29, 0.717) is 30.3 Å². The lowest BCUT2D eigenvalue weighted by molar-refractivity contribution is -0.117. The zero-order valence-electron chi connectivity index (χ0n) is 13.1. The number of carbonyl (C=O) groups excluding carboxylic acids is 2. The van der Waals surface area contributed by atoms with Crippen molar-refractivity contribution in [2.24, 2.45) is 0 Å². The van der Waals surface area contributed by atoms with Crippen LogP contribution in [0, 0.1) is 5.82 Å². The number of fused-ring (bicyclic) bond motifs is 1. The third-order valence-corrected chi connectivity index (χ3v) is 3.42. The molecule has 1 aliphatic rings. The zero-order chi connectivity index (χ0) is 17.6. The number of rotatable bonds is 3. The number of amides is 2. The van der Waals surface area contributed by atoms with Crippen molar-refractivity contribution in [2.45, 2.75) is 0 Å². The van der Waals surface area contributed by atoms with Crippen LogP contribution in [0.25, 0.3) is 6.08 Å². The molecule has 0 unspecified atom stereocenters. The normalized spacial score (nSPS) is 12.7. The average molecular weight is 342 g/mol. The van der Waals surface area contributed by atoms with Crippen LogP contribution in [0.15, 0.2) is 48.5 Å². The minimum Gasteiger partial charge on any atom is -0.486 e. The summed E-state index contributed by atoms with van der Waals surface area (Å²) < 4.78 is 24.2. The Morgan fingerprint density at radius 1 is 1.00 bits per heavy atom. The highest BCUT2D eigenvalue weighted by Crippen LogP contribution is 2.30. The molecule has 0 spiro atoms. The predicted octanol–water partition coefficient (Wildman–Crippen LogP) is 2.07. The maximum absolute atomic E-state index is 13.4. The van der Waals surface area contributed by atoms with Crippen molar-refractivity contribution in [1.82, 2.24) is 10.9 Å². The van der Waals surface area contributed by atoms with Gasteiger partial charge in [0.2, 0.25) is 0 Å². The van der Waals surface area contributed by atoms with E-state index in [0.717, 1.165) is 6.08 Å². The second-order valence-corrected chi connectivity index (χ2v) is 5.16. The van der Waals surface area contributed by atoms with E-state index in [1.165, 1.54) is 24.3 Å². The largest absolute Gasteiger partial charge is 0.486 e. The van der Waals surface area contributed by atoms with Crippen LogP contribution < -0.4 is 20.3 Å². The summed E-state index contributed by atoms with van der Waals surface area (Å²) >= 11 is 0. The molecule has 0 saturated carbocycles. The quantitative estimate of drug-likeness (QED) is 0.661. The van der Waals surface area contributed by atoms with E-state index in [-0.39, 0.29) is 5.56 Å². The van der Waals surface area contributed by atoms with Gasteiger partial charge in [0, 0.05) is 17.2 Å². The molecular formula is C18H15FN2O4. The summed E-state index contributed by atoms with van der Waals surface area (Å²) in [6.07, 6.45) is 2.45. The van der Waals surface area contributed by atoms with Crippen LogP contribution in [0.1, 0.15) is 15.9 Å².